The van der Waals surface area contributed by atoms with Gasteiger partial charge in [-0.25, -0.2) is 0 Å². The van der Waals surface area contributed by atoms with Crippen LogP contribution in [0.3, 0.4) is 0 Å². The van der Waals surface area contributed by atoms with Gasteiger partial charge in [0.25, 0.3) is 0 Å². The zero-order chi connectivity index (χ0) is 11.5. The first kappa shape index (κ1) is 15.2. The van der Waals surface area contributed by atoms with Gasteiger partial charge in [-0.3, -0.25) is 9.59 Å². The summed E-state index contributed by atoms with van der Waals surface area (Å²) in [6, 6.07) is -0.472. The Bertz CT molecular complexity index is 265. The molecule has 5 nitrogen and oxygen atoms in total. The molecule has 1 rings (SSSR count). The molecule has 1 heterocycles. The van der Waals surface area contributed by atoms with Gasteiger partial charge in [-0.05, 0) is 26.8 Å². The molecule has 1 aliphatic rings. The van der Waals surface area contributed by atoms with E-state index in [-0.39, 0.29) is 29.6 Å². The summed E-state index contributed by atoms with van der Waals surface area (Å²) in [4.78, 5) is 23.1. The summed E-state index contributed by atoms with van der Waals surface area (Å²) in [5.41, 5.74) is -0.373. The Balaban J connectivity index is 0.00000225. The molecule has 2 amide bonds. The lowest BCUT2D eigenvalue weighted by Crippen LogP contribution is -2.49. The third kappa shape index (κ3) is 3.35. The molecule has 16 heavy (non-hydrogen) atoms. The molecule has 0 aromatic rings. The Morgan fingerprint density at radius 3 is 2.50 bits per heavy atom. The number of halogens is 1. The predicted octanol–water partition coefficient (Wildman–Crippen LogP) is -0.341. The van der Waals surface area contributed by atoms with Gasteiger partial charge in [0, 0.05) is 13.6 Å². The fourth-order valence-corrected chi connectivity index (χ4v) is 1.66. The van der Waals surface area contributed by atoms with Crippen LogP contribution in [0.25, 0.3) is 0 Å². The number of carbonyl (C=O) groups excluding carboxylic acids is 2. The molecule has 1 unspecified atom stereocenters. The molecule has 0 spiro atoms. The first-order valence-electron chi connectivity index (χ1n) is 5.23. The Hall–Kier alpha value is -0.810. The van der Waals surface area contributed by atoms with Crippen molar-refractivity contribution in [2.75, 3.05) is 20.1 Å². The van der Waals surface area contributed by atoms with Crippen LogP contribution in [0.5, 0.6) is 0 Å². The Kier molecular flexibility index (Phi) is 5.75. The average molecular weight is 250 g/mol. The van der Waals surface area contributed by atoms with Crippen LogP contribution >= 0.6 is 12.4 Å². The van der Waals surface area contributed by atoms with E-state index in [1.54, 1.807) is 14.0 Å². The number of likely N-dealkylation sites (N-methyl/N-ethyl adjacent to an activating group) is 1. The fraction of sp³-hybridized carbons (Fsp3) is 0.800. The van der Waals surface area contributed by atoms with Gasteiger partial charge >= 0.3 is 0 Å². The molecular weight excluding hydrogens is 230 g/mol. The minimum absolute atomic E-state index is 0. The summed E-state index contributed by atoms with van der Waals surface area (Å²) in [5, 5.41) is 8.37. The number of hydrogen-bond donors (Lipinski definition) is 3. The van der Waals surface area contributed by atoms with Gasteiger partial charge in [-0.2, -0.15) is 0 Å². The molecule has 1 fully saturated rings. The number of hydrogen-bond acceptors (Lipinski definition) is 3. The fourth-order valence-electron chi connectivity index (χ4n) is 1.66. The second-order valence-electron chi connectivity index (χ2n) is 4.30. The summed E-state index contributed by atoms with van der Waals surface area (Å²) in [6.45, 7) is 5.14. The highest BCUT2D eigenvalue weighted by molar-refractivity contribution is 5.89. The van der Waals surface area contributed by atoms with Crippen molar-refractivity contribution in [2.45, 2.75) is 26.3 Å². The van der Waals surface area contributed by atoms with Crippen LogP contribution in [0.4, 0.5) is 0 Å². The number of rotatable bonds is 3. The van der Waals surface area contributed by atoms with Gasteiger partial charge in [0.2, 0.25) is 11.8 Å². The van der Waals surface area contributed by atoms with Crippen LogP contribution < -0.4 is 16.0 Å². The van der Waals surface area contributed by atoms with Crippen molar-refractivity contribution in [3.05, 3.63) is 0 Å². The van der Waals surface area contributed by atoms with E-state index >= 15 is 0 Å². The molecule has 0 radical (unpaired) electrons. The van der Waals surface area contributed by atoms with E-state index in [0.29, 0.717) is 6.54 Å². The van der Waals surface area contributed by atoms with Crippen molar-refractivity contribution in [1.29, 1.82) is 0 Å². The van der Waals surface area contributed by atoms with Gasteiger partial charge in [0.1, 0.15) is 6.04 Å². The van der Waals surface area contributed by atoms with Crippen LogP contribution in [0.15, 0.2) is 0 Å². The van der Waals surface area contributed by atoms with Gasteiger partial charge in [0.05, 0.1) is 5.41 Å². The van der Waals surface area contributed by atoms with Gasteiger partial charge < -0.3 is 16.0 Å². The largest absolute Gasteiger partial charge is 0.357 e. The maximum atomic E-state index is 11.9. The van der Waals surface area contributed by atoms with Crippen molar-refractivity contribution < 1.29 is 9.59 Å². The average Bonchev–Trinajstić information content (AvgIpc) is 2.65. The van der Waals surface area contributed by atoms with Crippen molar-refractivity contribution >= 4 is 24.2 Å². The lowest BCUT2D eigenvalue weighted by Gasteiger charge is -2.23. The van der Waals surface area contributed by atoms with Crippen LogP contribution in [0.1, 0.15) is 20.3 Å². The molecule has 1 aliphatic heterocycles. The van der Waals surface area contributed by atoms with E-state index in [1.165, 1.54) is 0 Å². The smallest absolute Gasteiger partial charge is 0.242 e. The van der Waals surface area contributed by atoms with E-state index in [4.69, 9.17) is 0 Å². The van der Waals surface area contributed by atoms with Crippen LogP contribution in [0.2, 0.25) is 0 Å². The van der Waals surface area contributed by atoms with Crippen LogP contribution in [0, 0.1) is 5.41 Å². The Morgan fingerprint density at radius 2 is 2.06 bits per heavy atom. The quantitative estimate of drug-likeness (QED) is 0.641. The second-order valence-corrected chi connectivity index (χ2v) is 4.30. The number of amides is 2. The SMILES string of the molecule is CNC(=O)[C@@H](C)NC(=O)C1(C)CCNC1.Cl. The van der Waals surface area contributed by atoms with Gasteiger partial charge in [-0.15, -0.1) is 12.4 Å². The number of carbonyl (C=O) groups is 2. The topological polar surface area (TPSA) is 70.2 Å². The maximum Gasteiger partial charge on any atom is 0.242 e. The van der Waals surface area contributed by atoms with E-state index in [0.717, 1.165) is 13.0 Å². The summed E-state index contributed by atoms with van der Waals surface area (Å²) >= 11 is 0. The molecule has 2 atom stereocenters. The van der Waals surface area contributed by atoms with Crippen molar-refractivity contribution in [1.82, 2.24) is 16.0 Å². The molecule has 0 saturated carbocycles. The summed E-state index contributed by atoms with van der Waals surface area (Å²) in [6.07, 6.45) is 0.819. The highest BCUT2D eigenvalue weighted by atomic mass is 35.5. The first-order valence-corrected chi connectivity index (χ1v) is 5.23. The van der Waals surface area contributed by atoms with Crippen LogP contribution in [-0.2, 0) is 9.59 Å². The third-order valence-electron chi connectivity index (χ3n) is 2.90. The molecule has 1 saturated heterocycles. The van der Waals surface area contributed by atoms with Crippen molar-refractivity contribution in [3.63, 3.8) is 0 Å². The zero-order valence-corrected chi connectivity index (χ0v) is 10.7. The highest BCUT2D eigenvalue weighted by Crippen LogP contribution is 2.24. The lowest BCUT2D eigenvalue weighted by atomic mass is 9.88. The Morgan fingerprint density at radius 1 is 1.44 bits per heavy atom. The van der Waals surface area contributed by atoms with E-state index in [1.807, 2.05) is 6.92 Å². The molecule has 6 heteroatoms. The van der Waals surface area contributed by atoms with Crippen LogP contribution in [-0.4, -0.2) is 38.0 Å². The molecule has 3 N–H and O–H groups in total. The molecular formula is C10H20ClN3O2. The zero-order valence-electron chi connectivity index (χ0n) is 9.92. The van der Waals surface area contributed by atoms with Gasteiger partial charge in [-0.1, -0.05) is 0 Å². The minimum Gasteiger partial charge on any atom is -0.357 e. The van der Waals surface area contributed by atoms with E-state index in [9.17, 15) is 9.59 Å². The normalized spacial score (nSPS) is 25.4. The molecule has 0 bridgehead atoms. The van der Waals surface area contributed by atoms with Crippen molar-refractivity contribution in [2.24, 2.45) is 5.41 Å². The first-order chi connectivity index (χ1) is 6.99. The molecule has 0 aromatic heterocycles. The maximum absolute atomic E-state index is 11.9. The summed E-state index contributed by atoms with van der Waals surface area (Å²) in [7, 11) is 1.56. The monoisotopic (exact) mass is 249 g/mol. The number of nitrogens with one attached hydrogen (secondary N) is 3. The van der Waals surface area contributed by atoms with E-state index in [2.05, 4.69) is 16.0 Å². The molecule has 0 aromatic carbocycles. The van der Waals surface area contributed by atoms with E-state index < -0.39 is 6.04 Å². The summed E-state index contributed by atoms with van der Waals surface area (Å²) < 4.78 is 0. The lowest BCUT2D eigenvalue weighted by molar-refractivity contribution is -0.133. The van der Waals surface area contributed by atoms with Crippen molar-refractivity contribution in [3.8, 4) is 0 Å². The standard InChI is InChI=1S/C10H19N3O2.ClH/c1-7(8(14)11-3)13-9(15)10(2)4-5-12-6-10;/h7,12H,4-6H2,1-3H3,(H,11,14)(H,13,15);1H/t7-,10?;/m1./s1. The van der Waals surface area contributed by atoms with Gasteiger partial charge in [0.15, 0.2) is 0 Å². The Labute approximate surface area is 102 Å². The summed E-state index contributed by atoms with van der Waals surface area (Å²) in [5.74, 6) is -0.221. The predicted molar refractivity (Wildman–Crippen MR) is 64.5 cm³/mol. The molecule has 0 aliphatic carbocycles. The molecule has 94 valence electrons. The third-order valence-corrected chi connectivity index (χ3v) is 2.90. The second kappa shape index (κ2) is 6.06. The highest BCUT2D eigenvalue weighted by Gasteiger charge is 2.37. The minimum atomic E-state index is -0.472.